The molecule has 0 spiro atoms. The highest BCUT2D eigenvalue weighted by Crippen LogP contribution is 2.27. The van der Waals surface area contributed by atoms with Crippen LogP contribution in [-0.2, 0) is 6.42 Å². The molecule has 0 aromatic heterocycles. The van der Waals surface area contributed by atoms with Crippen molar-refractivity contribution in [2.75, 3.05) is 6.54 Å². The monoisotopic (exact) mass is 355 g/mol. The van der Waals surface area contributed by atoms with Crippen LogP contribution in [0.25, 0.3) is 0 Å². The molecule has 2 rings (SSSR count). The minimum absolute atomic E-state index is 0.146. The zero-order valence-electron chi connectivity index (χ0n) is 13.0. The third-order valence-corrected chi connectivity index (χ3v) is 5.02. The van der Waals surface area contributed by atoms with Gasteiger partial charge in [0.2, 0.25) is 0 Å². The third kappa shape index (κ3) is 5.71. The van der Waals surface area contributed by atoms with E-state index in [1.54, 1.807) is 6.07 Å². The lowest BCUT2D eigenvalue weighted by molar-refractivity contribution is 0.286. The van der Waals surface area contributed by atoms with Gasteiger partial charge in [0.1, 0.15) is 5.82 Å². The Morgan fingerprint density at radius 2 is 1.81 bits per heavy atom. The summed E-state index contributed by atoms with van der Waals surface area (Å²) < 4.78 is 14.4. The maximum Gasteiger partial charge on any atom is 0.124 e. The van der Waals surface area contributed by atoms with E-state index >= 15 is 0 Å². The summed E-state index contributed by atoms with van der Waals surface area (Å²) in [6, 6.07) is 5.73. The highest BCUT2D eigenvalue weighted by molar-refractivity contribution is 9.10. The topological polar surface area (TPSA) is 12.0 Å². The molecular weight excluding hydrogens is 329 g/mol. The molecule has 0 amide bonds. The Labute approximate surface area is 136 Å². The predicted molar refractivity (Wildman–Crippen MR) is 91.1 cm³/mol. The Morgan fingerprint density at radius 3 is 2.43 bits per heavy atom. The molecule has 1 aromatic carbocycles. The highest BCUT2D eigenvalue weighted by Gasteiger charge is 2.22. The van der Waals surface area contributed by atoms with Crippen molar-refractivity contribution in [2.45, 2.75) is 64.3 Å². The summed E-state index contributed by atoms with van der Waals surface area (Å²) in [6.07, 6.45) is 10.4. The van der Waals surface area contributed by atoms with Crippen molar-refractivity contribution in [1.82, 2.24) is 5.32 Å². The van der Waals surface area contributed by atoms with E-state index in [4.69, 9.17) is 0 Å². The summed E-state index contributed by atoms with van der Waals surface area (Å²) in [4.78, 5) is 0. The molecule has 1 nitrogen and oxygen atoms in total. The van der Waals surface area contributed by atoms with E-state index in [0.717, 1.165) is 28.9 Å². The summed E-state index contributed by atoms with van der Waals surface area (Å²) in [5.74, 6) is 0.583. The van der Waals surface area contributed by atoms with Crippen LogP contribution in [0.15, 0.2) is 22.7 Å². The average molecular weight is 356 g/mol. The van der Waals surface area contributed by atoms with Crippen LogP contribution in [0.3, 0.4) is 0 Å². The first-order chi connectivity index (χ1) is 10.2. The Morgan fingerprint density at radius 1 is 1.14 bits per heavy atom. The van der Waals surface area contributed by atoms with Gasteiger partial charge in [0.05, 0.1) is 0 Å². The minimum atomic E-state index is -0.146. The molecule has 0 saturated heterocycles. The van der Waals surface area contributed by atoms with Crippen molar-refractivity contribution in [2.24, 2.45) is 5.92 Å². The van der Waals surface area contributed by atoms with Gasteiger partial charge in [-0.1, -0.05) is 55.0 Å². The summed E-state index contributed by atoms with van der Waals surface area (Å²) in [6.45, 7) is 3.15. The fraction of sp³-hybridized carbons (Fsp3) is 0.667. The average Bonchev–Trinajstić information content (AvgIpc) is 2.36. The van der Waals surface area contributed by atoms with Crippen LogP contribution in [0.2, 0.25) is 0 Å². The Balaban J connectivity index is 2.05. The molecule has 0 heterocycles. The van der Waals surface area contributed by atoms with Crippen LogP contribution in [0.1, 0.15) is 57.4 Å². The van der Waals surface area contributed by atoms with Gasteiger partial charge in [-0.3, -0.25) is 0 Å². The first kappa shape index (κ1) is 17.0. The number of nitrogens with one attached hydrogen (secondary N) is 1. The highest BCUT2D eigenvalue weighted by atomic mass is 79.9. The van der Waals surface area contributed by atoms with Crippen LogP contribution in [0, 0.1) is 11.7 Å². The molecule has 1 aliphatic carbocycles. The van der Waals surface area contributed by atoms with E-state index in [9.17, 15) is 4.39 Å². The number of likely N-dealkylation sites (N-methyl/N-ethyl adjacent to an activating group) is 1. The Hall–Kier alpha value is -0.410. The van der Waals surface area contributed by atoms with E-state index in [2.05, 4.69) is 34.2 Å². The molecule has 1 fully saturated rings. The Bertz CT molecular complexity index is 407. The number of hydrogen-bond donors (Lipinski definition) is 1. The normalized spacial score (nSPS) is 19.0. The predicted octanol–water partition coefficient (Wildman–Crippen LogP) is 5.47. The Kier molecular flexibility index (Phi) is 7.18. The standard InChI is InChI=1S/C18H27BrFN/c1-2-21-18(15-8-6-4-3-5-7-9-15)12-14-10-16(19)13-17(20)11-14/h10-11,13,15,18,21H,2-9,12H2,1H3. The lowest BCUT2D eigenvalue weighted by Crippen LogP contribution is -2.38. The molecular formula is C18H27BrFN. The van der Waals surface area contributed by atoms with Gasteiger partial charge >= 0.3 is 0 Å². The van der Waals surface area contributed by atoms with Gasteiger partial charge in [0.15, 0.2) is 0 Å². The first-order valence-electron chi connectivity index (χ1n) is 8.37. The molecule has 0 aliphatic heterocycles. The van der Waals surface area contributed by atoms with E-state index in [-0.39, 0.29) is 5.82 Å². The van der Waals surface area contributed by atoms with Crippen molar-refractivity contribution in [3.63, 3.8) is 0 Å². The first-order valence-corrected chi connectivity index (χ1v) is 9.16. The number of benzene rings is 1. The molecule has 118 valence electrons. The number of halogens is 2. The number of hydrogen-bond acceptors (Lipinski definition) is 1. The SMILES string of the molecule is CCNC(Cc1cc(F)cc(Br)c1)C1CCCCCCC1. The molecule has 0 bridgehead atoms. The van der Waals surface area contributed by atoms with Gasteiger partial charge in [-0.05, 0) is 55.5 Å². The van der Waals surface area contributed by atoms with E-state index in [1.807, 2.05) is 0 Å². The van der Waals surface area contributed by atoms with Gasteiger partial charge in [-0.2, -0.15) is 0 Å². The molecule has 1 aromatic rings. The van der Waals surface area contributed by atoms with Crippen LogP contribution in [0.4, 0.5) is 4.39 Å². The maximum atomic E-state index is 13.6. The maximum absolute atomic E-state index is 13.6. The molecule has 1 atom stereocenters. The van der Waals surface area contributed by atoms with Gasteiger partial charge in [0.25, 0.3) is 0 Å². The molecule has 1 aliphatic rings. The second kappa shape index (κ2) is 8.89. The van der Waals surface area contributed by atoms with Crippen LogP contribution in [-0.4, -0.2) is 12.6 Å². The van der Waals surface area contributed by atoms with Crippen molar-refractivity contribution >= 4 is 15.9 Å². The molecule has 3 heteroatoms. The molecule has 0 radical (unpaired) electrons. The lowest BCUT2D eigenvalue weighted by Gasteiger charge is -2.29. The zero-order chi connectivity index (χ0) is 15.1. The second-order valence-electron chi connectivity index (χ2n) is 6.25. The fourth-order valence-electron chi connectivity index (χ4n) is 3.54. The summed E-state index contributed by atoms with van der Waals surface area (Å²) in [5.41, 5.74) is 1.09. The third-order valence-electron chi connectivity index (χ3n) is 4.56. The van der Waals surface area contributed by atoms with E-state index in [1.165, 1.54) is 51.0 Å². The van der Waals surface area contributed by atoms with E-state index in [0.29, 0.717) is 6.04 Å². The fourth-order valence-corrected chi connectivity index (χ4v) is 4.05. The van der Waals surface area contributed by atoms with Crippen LogP contribution in [0.5, 0.6) is 0 Å². The van der Waals surface area contributed by atoms with Gasteiger partial charge in [-0.25, -0.2) is 4.39 Å². The largest absolute Gasteiger partial charge is 0.314 e. The zero-order valence-corrected chi connectivity index (χ0v) is 14.6. The van der Waals surface area contributed by atoms with Crippen LogP contribution < -0.4 is 5.32 Å². The minimum Gasteiger partial charge on any atom is -0.314 e. The number of rotatable bonds is 5. The van der Waals surface area contributed by atoms with Crippen LogP contribution >= 0.6 is 15.9 Å². The van der Waals surface area contributed by atoms with Crippen molar-refractivity contribution < 1.29 is 4.39 Å². The molecule has 21 heavy (non-hydrogen) atoms. The van der Waals surface area contributed by atoms with E-state index < -0.39 is 0 Å². The summed E-state index contributed by atoms with van der Waals surface area (Å²) >= 11 is 3.40. The van der Waals surface area contributed by atoms with Crippen molar-refractivity contribution in [1.29, 1.82) is 0 Å². The van der Waals surface area contributed by atoms with Crippen molar-refractivity contribution in [3.8, 4) is 0 Å². The van der Waals surface area contributed by atoms with Gasteiger partial charge in [-0.15, -0.1) is 0 Å². The molecule has 1 unspecified atom stereocenters. The molecule has 1 N–H and O–H groups in total. The second-order valence-corrected chi connectivity index (χ2v) is 7.17. The quantitative estimate of drug-likeness (QED) is 0.738. The summed E-state index contributed by atoms with van der Waals surface area (Å²) in [5, 5.41) is 3.65. The van der Waals surface area contributed by atoms with Gasteiger partial charge < -0.3 is 5.32 Å². The summed E-state index contributed by atoms with van der Waals surface area (Å²) in [7, 11) is 0. The van der Waals surface area contributed by atoms with Gasteiger partial charge in [0, 0.05) is 10.5 Å². The van der Waals surface area contributed by atoms with Crippen molar-refractivity contribution in [3.05, 3.63) is 34.1 Å². The lowest BCUT2D eigenvalue weighted by atomic mass is 9.83. The smallest absolute Gasteiger partial charge is 0.124 e. The molecule has 1 saturated carbocycles.